The number of furan rings is 1. The van der Waals surface area contributed by atoms with Crippen molar-refractivity contribution in [1.82, 2.24) is 14.7 Å². The number of hydrogen-bond donors (Lipinski definition) is 0. The molecular formula is C16H19N3O2. The smallest absolute Gasteiger partial charge is 0.257 e. The van der Waals surface area contributed by atoms with E-state index >= 15 is 0 Å². The molecule has 0 saturated heterocycles. The fourth-order valence-corrected chi connectivity index (χ4v) is 3.53. The Balaban J connectivity index is 1.63. The first-order valence-corrected chi connectivity index (χ1v) is 7.57. The molecule has 1 aliphatic heterocycles. The van der Waals surface area contributed by atoms with Crippen LogP contribution in [0.5, 0.6) is 0 Å². The minimum atomic E-state index is 0.0727. The van der Waals surface area contributed by atoms with Gasteiger partial charge in [-0.1, -0.05) is 0 Å². The van der Waals surface area contributed by atoms with E-state index in [1.54, 1.807) is 0 Å². The van der Waals surface area contributed by atoms with E-state index in [0.717, 1.165) is 31.7 Å². The zero-order valence-electron chi connectivity index (χ0n) is 12.5. The van der Waals surface area contributed by atoms with Crippen molar-refractivity contribution in [2.75, 3.05) is 6.54 Å². The summed E-state index contributed by atoms with van der Waals surface area (Å²) in [7, 11) is 0. The molecular weight excluding hydrogens is 266 g/mol. The van der Waals surface area contributed by atoms with E-state index in [2.05, 4.69) is 9.78 Å². The van der Waals surface area contributed by atoms with Crippen molar-refractivity contribution in [1.29, 1.82) is 0 Å². The van der Waals surface area contributed by atoms with Gasteiger partial charge in [-0.05, 0) is 44.7 Å². The monoisotopic (exact) mass is 285 g/mol. The second-order valence-corrected chi connectivity index (χ2v) is 6.00. The number of fused-ring (bicyclic) bond motifs is 3. The van der Waals surface area contributed by atoms with Gasteiger partial charge in [-0.3, -0.25) is 9.48 Å². The third kappa shape index (κ3) is 1.91. The standard InChI is InChI=1S/C16H19N3O2/c1-10-8-13(11(2)21-10)16(20)18-6-7-19-15(9-18)12-4-3-5-14(12)17-19/h8H,3-7,9H2,1-2H3. The largest absolute Gasteiger partial charge is 0.466 e. The molecule has 0 radical (unpaired) electrons. The van der Waals surface area contributed by atoms with Crippen LogP contribution in [-0.4, -0.2) is 27.1 Å². The number of aryl methyl sites for hydroxylation is 3. The molecule has 0 N–H and O–H groups in total. The Morgan fingerprint density at radius 2 is 2.14 bits per heavy atom. The maximum Gasteiger partial charge on any atom is 0.257 e. The molecule has 1 amide bonds. The van der Waals surface area contributed by atoms with Crippen LogP contribution in [0.4, 0.5) is 0 Å². The molecule has 0 bridgehead atoms. The summed E-state index contributed by atoms with van der Waals surface area (Å²) in [6.45, 7) is 5.92. The van der Waals surface area contributed by atoms with Gasteiger partial charge in [-0.15, -0.1) is 0 Å². The van der Waals surface area contributed by atoms with E-state index in [4.69, 9.17) is 4.42 Å². The Kier molecular flexibility index (Phi) is 2.71. The van der Waals surface area contributed by atoms with Gasteiger partial charge in [0.1, 0.15) is 11.5 Å². The quantitative estimate of drug-likeness (QED) is 0.807. The highest BCUT2D eigenvalue weighted by molar-refractivity contribution is 5.95. The van der Waals surface area contributed by atoms with E-state index in [1.807, 2.05) is 24.8 Å². The predicted molar refractivity (Wildman–Crippen MR) is 77.2 cm³/mol. The second-order valence-electron chi connectivity index (χ2n) is 6.00. The molecule has 2 aromatic rings. The molecule has 4 rings (SSSR count). The predicted octanol–water partition coefficient (Wildman–Crippen LogP) is 2.24. The van der Waals surface area contributed by atoms with Crippen molar-refractivity contribution in [3.05, 3.63) is 40.1 Å². The summed E-state index contributed by atoms with van der Waals surface area (Å²) in [5.74, 6) is 1.57. The van der Waals surface area contributed by atoms with Crippen molar-refractivity contribution in [2.24, 2.45) is 0 Å². The normalized spacial score (nSPS) is 17.0. The highest BCUT2D eigenvalue weighted by Crippen LogP contribution is 2.28. The Bertz CT molecular complexity index is 726. The molecule has 0 saturated carbocycles. The van der Waals surface area contributed by atoms with Crippen LogP contribution in [0, 0.1) is 13.8 Å². The Labute approximate surface area is 123 Å². The van der Waals surface area contributed by atoms with Crippen LogP contribution in [-0.2, 0) is 25.9 Å². The van der Waals surface area contributed by atoms with Gasteiger partial charge in [0.05, 0.1) is 30.0 Å². The molecule has 21 heavy (non-hydrogen) atoms. The number of rotatable bonds is 1. The fraction of sp³-hybridized carbons (Fsp3) is 0.500. The van der Waals surface area contributed by atoms with Crippen LogP contribution >= 0.6 is 0 Å². The maximum absolute atomic E-state index is 12.7. The summed E-state index contributed by atoms with van der Waals surface area (Å²) < 4.78 is 7.59. The Hall–Kier alpha value is -2.04. The van der Waals surface area contributed by atoms with Crippen LogP contribution in [0.2, 0.25) is 0 Å². The summed E-state index contributed by atoms with van der Waals surface area (Å²) in [5.41, 5.74) is 4.55. The number of hydrogen-bond acceptors (Lipinski definition) is 3. The topological polar surface area (TPSA) is 51.3 Å². The highest BCUT2D eigenvalue weighted by Gasteiger charge is 2.29. The summed E-state index contributed by atoms with van der Waals surface area (Å²) >= 11 is 0. The van der Waals surface area contributed by atoms with E-state index < -0.39 is 0 Å². The second kappa shape index (κ2) is 4.48. The van der Waals surface area contributed by atoms with Crippen molar-refractivity contribution in [3.8, 4) is 0 Å². The molecule has 0 unspecified atom stereocenters. The summed E-state index contributed by atoms with van der Waals surface area (Å²) in [5, 5.41) is 4.68. The lowest BCUT2D eigenvalue weighted by Gasteiger charge is -2.28. The van der Waals surface area contributed by atoms with E-state index in [1.165, 1.54) is 23.4 Å². The molecule has 0 fully saturated rings. The molecule has 0 spiro atoms. The summed E-state index contributed by atoms with van der Waals surface area (Å²) in [6.07, 6.45) is 3.39. The molecule has 1 aliphatic carbocycles. The SMILES string of the molecule is Cc1cc(C(=O)N2CCn3nc4c(c3C2)CCC4)c(C)o1. The molecule has 2 aromatic heterocycles. The van der Waals surface area contributed by atoms with Gasteiger partial charge in [0.2, 0.25) is 0 Å². The third-order valence-electron chi connectivity index (χ3n) is 4.57. The fourth-order valence-electron chi connectivity index (χ4n) is 3.53. The minimum Gasteiger partial charge on any atom is -0.466 e. The molecule has 0 aromatic carbocycles. The van der Waals surface area contributed by atoms with Crippen LogP contribution in [0.15, 0.2) is 10.5 Å². The zero-order valence-corrected chi connectivity index (χ0v) is 12.5. The van der Waals surface area contributed by atoms with Crippen LogP contribution < -0.4 is 0 Å². The molecule has 2 aliphatic rings. The van der Waals surface area contributed by atoms with Gasteiger partial charge >= 0.3 is 0 Å². The molecule has 110 valence electrons. The average molecular weight is 285 g/mol. The van der Waals surface area contributed by atoms with Gasteiger partial charge in [-0.2, -0.15) is 5.10 Å². The lowest BCUT2D eigenvalue weighted by Crippen LogP contribution is -2.38. The number of carbonyl (C=O) groups excluding carboxylic acids is 1. The molecule has 3 heterocycles. The number of nitrogens with zero attached hydrogens (tertiary/aromatic N) is 3. The van der Waals surface area contributed by atoms with E-state index in [9.17, 15) is 4.79 Å². The molecule has 5 nitrogen and oxygen atoms in total. The Morgan fingerprint density at radius 3 is 2.90 bits per heavy atom. The van der Waals surface area contributed by atoms with Crippen LogP contribution in [0.25, 0.3) is 0 Å². The summed E-state index contributed by atoms with van der Waals surface area (Å²) in [6, 6.07) is 1.84. The molecule has 5 heteroatoms. The van der Waals surface area contributed by atoms with Crippen molar-refractivity contribution < 1.29 is 9.21 Å². The van der Waals surface area contributed by atoms with Crippen molar-refractivity contribution in [2.45, 2.75) is 46.2 Å². The number of amides is 1. The highest BCUT2D eigenvalue weighted by atomic mass is 16.3. The van der Waals surface area contributed by atoms with Crippen LogP contribution in [0.1, 0.15) is 45.3 Å². The first-order chi connectivity index (χ1) is 10.1. The van der Waals surface area contributed by atoms with Crippen LogP contribution in [0.3, 0.4) is 0 Å². The Morgan fingerprint density at radius 1 is 1.29 bits per heavy atom. The first-order valence-electron chi connectivity index (χ1n) is 7.57. The zero-order chi connectivity index (χ0) is 14.6. The molecule has 0 atom stereocenters. The first kappa shape index (κ1) is 12.7. The minimum absolute atomic E-state index is 0.0727. The van der Waals surface area contributed by atoms with Gasteiger partial charge in [-0.25, -0.2) is 0 Å². The average Bonchev–Trinajstić information content (AvgIpc) is 3.11. The van der Waals surface area contributed by atoms with Gasteiger partial charge in [0.15, 0.2) is 0 Å². The van der Waals surface area contributed by atoms with Crippen molar-refractivity contribution in [3.63, 3.8) is 0 Å². The number of aromatic nitrogens is 2. The van der Waals surface area contributed by atoms with Gasteiger partial charge in [0, 0.05) is 6.54 Å². The third-order valence-corrected chi connectivity index (χ3v) is 4.57. The maximum atomic E-state index is 12.7. The lowest BCUT2D eigenvalue weighted by molar-refractivity contribution is 0.0703. The van der Waals surface area contributed by atoms with Gasteiger partial charge < -0.3 is 9.32 Å². The summed E-state index contributed by atoms with van der Waals surface area (Å²) in [4.78, 5) is 14.6. The van der Waals surface area contributed by atoms with Gasteiger partial charge in [0.25, 0.3) is 5.91 Å². The van der Waals surface area contributed by atoms with E-state index in [-0.39, 0.29) is 5.91 Å². The lowest BCUT2D eigenvalue weighted by atomic mass is 10.1. The number of carbonyl (C=O) groups is 1. The van der Waals surface area contributed by atoms with E-state index in [0.29, 0.717) is 17.9 Å². The van der Waals surface area contributed by atoms with Crippen molar-refractivity contribution >= 4 is 5.91 Å².